The van der Waals surface area contributed by atoms with Crippen molar-refractivity contribution in [1.29, 1.82) is 0 Å². The molecule has 10 nitrogen and oxygen atoms in total. The molecule has 0 aliphatic heterocycles. The molecular weight excluding hydrogens is 1740 g/mol. The number of benzene rings is 21. The van der Waals surface area contributed by atoms with Gasteiger partial charge in [0, 0.05) is 173 Å². The van der Waals surface area contributed by atoms with E-state index in [4.69, 9.17) is 30.9 Å². The summed E-state index contributed by atoms with van der Waals surface area (Å²) in [6, 6.07) is 149. The first-order chi connectivity index (χ1) is 69.2. The normalized spacial score (nSPS) is 12.8. The highest BCUT2D eigenvalue weighted by Crippen LogP contribution is 2.54. The molecular formula is C129H75N3O7S. The lowest BCUT2D eigenvalue weighted by molar-refractivity contribution is 0.661. The number of hydrogen-bond acceptors (Lipinski definition) is 8. The van der Waals surface area contributed by atoms with Gasteiger partial charge in [-0.15, -0.1) is 11.3 Å². The van der Waals surface area contributed by atoms with E-state index in [1.54, 1.807) is 0 Å². The summed E-state index contributed by atoms with van der Waals surface area (Å²) in [5, 5.41) is 25.6. The van der Waals surface area contributed by atoms with Crippen molar-refractivity contribution in [3.8, 4) is 61.6 Å². The molecule has 0 saturated carbocycles. The van der Waals surface area contributed by atoms with Crippen molar-refractivity contribution in [3.05, 3.63) is 430 Å². The third-order valence-corrected chi connectivity index (χ3v) is 31.2. The molecule has 0 spiro atoms. The van der Waals surface area contributed by atoms with Gasteiger partial charge in [-0.3, -0.25) is 0 Å². The minimum atomic E-state index is -0.0703. The largest absolute Gasteiger partial charge is 0.456 e. The summed E-state index contributed by atoms with van der Waals surface area (Å²) in [5.74, 6) is 0. The number of nitrogens with zero attached hydrogens (tertiary/aromatic N) is 3. The van der Waals surface area contributed by atoms with Crippen LogP contribution in [0.1, 0.15) is 25.0 Å². The van der Waals surface area contributed by atoms with Gasteiger partial charge in [0.15, 0.2) is 0 Å². The van der Waals surface area contributed by atoms with Gasteiger partial charge >= 0.3 is 0 Å². The summed E-state index contributed by atoms with van der Waals surface area (Å²) in [7, 11) is 0. The van der Waals surface area contributed by atoms with E-state index in [2.05, 4.69) is 385 Å². The highest BCUT2D eigenvalue weighted by atomic mass is 32.1. The Bertz CT molecular complexity index is 11000. The number of hydrogen-bond donors (Lipinski definition) is 0. The van der Waals surface area contributed by atoms with Crippen molar-refractivity contribution in [1.82, 2.24) is 13.7 Å². The zero-order valence-electron chi connectivity index (χ0n) is 75.4. The first kappa shape index (κ1) is 77.2. The van der Waals surface area contributed by atoms with E-state index in [0.717, 1.165) is 221 Å². The Kier molecular flexibility index (Phi) is 16.0. The molecule has 33 rings (SSSR count). The first-order valence-electron chi connectivity index (χ1n) is 47.6. The lowest BCUT2D eigenvalue weighted by Crippen LogP contribution is -2.14. The van der Waals surface area contributed by atoms with Crippen LogP contribution in [0, 0.1) is 0 Å². The van der Waals surface area contributed by atoms with Crippen LogP contribution in [0.15, 0.2) is 449 Å². The van der Waals surface area contributed by atoms with Crippen molar-refractivity contribution >= 4 is 250 Å². The minimum absolute atomic E-state index is 0.0703. The van der Waals surface area contributed by atoms with E-state index in [9.17, 15) is 0 Å². The van der Waals surface area contributed by atoms with Crippen molar-refractivity contribution < 1.29 is 30.9 Å². The molecule has 1 aliphatic rings. The second-order valence-electron chi connectivity index (χ2n) is 37.8. The van der Waals surface area contributed by atoms with E-state index in [0.29, 0.717) is 0 Å². The second kappa shape index (κ2) is 29.0. The van der Waals surface area contributed by atoms with Gasteiger partial charge in [0.25, 0.3) is 0 Å². The molecule has 11 heteroatoms. The maximum atomic E-state index is 6.74. The molecule has 11 aromatic heterocycles. The van der Waals surface area contributed by atoms with Gasteiger partial charge in [-0.2, -0.15) is 0 Å². The summed E-state index contributed by atoms with van der Waals surface area (Å²) in [4.78, 5) is 0. The van der Waals surface area contributed by atoms with Gasteiger partial charge in [-0.25, -0.2) is 0 Å². The second-order valence-corrected chi connectivity index (χ2v) is 38.8. The predicted octanol–water partition coefficient (Wildman–Crippen LogP) is 37.3. The first-order valence-corrected chi connectivity index (χ1v) is 48.4. The summed E-state index contributed by atoms with van der Waals surface area (Å²) < 4.78 is 54.9. The number of rotatable bonds is 6. The van der Waals surface area contributed by atoms with E-state index >= 15 is 0 Å². The fourth-order valence-electron chi connectivity index (χ4n) is 23.9. The van der Waals surface area contributed by atoms with Gasteiger partial charge < -0.3 is 44.6 Å². The van der Waals surface area contributed by atoms with Gasteiger partial charge in [0.1, 0.15) is 78.2 Å². The summed E-state index contributed by atoms with van der Waals surface area (Å²) in [6.45, 7) is 4.72. The highest BCUT2D eigenvalue weighted by molar-refractivity contribution is 7.26. The lowest BCUT2D eigenvalue weighted by Gasteiger charge is -2.21. The van der Waals surface area contributed by atoms with Crippen LogP contribution in [-0.4, -0.2) is 13.7 Å². The third-order valence-electron chi connectivity index (χ3n) is 30.0. The van der Waals surface area contributed by atoms with E-state index in [1.807, 2.05) is 72.0 Å². The number of aromatic nitrogens is 3. The Hall–Kier alpha value is -18.2. The zero-order valence-corrected chi connectivity index (χ0v) is 76.3. The SMILES string of the molecule is CC1(C)c2ccccc2-c2cc3c4ccccc4n(-c4ccc5oc6c(-c7cccc8sc9ccccc9c78)cccc6c5c4)c3cc21.c1ccc2c(c1)oc1cc3c(cc12)c1ccccc1n3-c1ccc2oc3c(-c4cccc5oc6ccccc6c45)cccc3c2c1.c1ccc2c(c1)oc1cccc(-c3cccc4c3oc3ccc(-n5c6ccccc6c6c7c(ccc65)oc5ccccc57)cc34)c12. The molecule has 0 unspecified atom stereocenters. The molecule has 11 heterocycles. The van der Waals surface area contributed by atoms with Gasteiger partial charge in [-0.1, -0.05) is 275 Å². The summed E-state index contributed by atoms with van der Waals surface area (Å²) in [6.07, 6.45) is 0. The Balaban J connectivity index is 0.0000000968. The average Bonchev–Trinajstić information content (AvgIpc) is 1.56. The summed E-state index contributed by atoms with van der Waals surface area (Å²) >= 11 is 1.85. The van der Waals surface area contributed by atoms with Crippen molar-refractivity contribution in [2.75, 3.05) is 0 Å². The molecule has 32 aromatic rings. The molecule has 0 fully saturated rings. The molecule has 0 N–H and O–H groups in total. The molecule has 0 bridgehead atoms. The van der Waals surface area contributed by atoms with Crippen LogP contribution in [0.25, 0.3) is 301 Å². The van der Waals surface area contributed by atoms with E-state index in [-0.39, 0.29) is 5.41 Å². The number of fused-ring (bicyclic) bond motifs is 37. The van der Waals surface area contributed by atoms with Gasteiger partial charge in [-0.05, 0) is 191 Å². The van der Waals surface area contributed by atoms with Gasteiger partial charge in [0.05, 0.1) is 33.1 Å². The molecule has 0 atom stereocenters. The molecule has 0 amide bonds. The molecule has 654 valence electrons. The van der Waals surface area contributed by atoms with Crippen LogP contribution in [0.2, 0.25) is 0 Å². The number of furan rings is 7. The summed E-state index contributed by atoms with van der Waals surface area (Å²) in [5.41, 5.74) is 34.8. The van der Waals surface area contributed by atoms with Crippen molar-refractivity contribution in [3.63, 3.8) is 0 Å². The third kappa shape index (κ3) is 11.0. The maximum Gasteiger partial charge on any atom is 0.143 e. The Morgan fingerprint density at radius 1 is 0.171 bits per heavy atom. The van der Waals surface area contributed by atoms with Crippen LogP contribution in [0.4, 0.5) is 0 Å². The monoisotopic (exact) mass is 1810 g/mol. The molecule has 0 radical (unpaired) electrons. The van der Waals surface area contributed by atoms with Crippen LogP contribution in [0.5, 0.6) is 0 Å². The maximum absolute atomic E-state index is 6.74. The smallest absolute Gasteiger partial charge is 0.143 e. The number of thiophene rings is 1. The van der Waals surface area contributed by atoms with Crippen molar-refractivity contribution in [2.24, 2.45) is 0 Å². The zero-order chi connectivity index (χ0) is 91.6. The van der Waals surface area contributed by atoms with Crippen molar-refractivity contribution in [2.45, 2.75) is 19.3 Å². The number of para-hydroxylation sites is 10. The Morgan fingerprint density at radius 3 is 1.07 bits per heavy atom. The highest BCUT2D eigenvalue weighted by Gasteiger charge is 2.37. The minimum Gasteiger partial charge on any atom is -0.456 e. The standard InChI is InChI=1S/C45H29NOS.2C42H23NO3/c1-45(2)36-17-6-3-11-27(36)33-24-34-28-12-4-7-18-38(28)46(39(34)25-37(33)45)26-21-22-40-35(23-26)31-16-9-15-30(44(31)47-40)29-14-10-20-42-43(29)32-13-5-8-19-41(32)48-42;1-4-15-32-28(9-1)40-33(20-22-38-41(40)30-11-3-6-17-35(30)45-38)43(32)24-19-21-36-31(23-24)27-14-7-13-26(42(27)46-36)25-12-8-18-37-39(25)29-10-2-5-16-34(29)44-37;1-4-15-34-25(9-1)31-22-33-26-10-2-5-16-36(26)45-40(33)23-35(31)43(34)24-19-20-38-32(21-24)29-14-7-13-28(42(29)46-38)27-12-8-18-39-41(27)30-11-3-6-17-37(30)44-39/h3-25H,1-2H3;2*1-23H. The quantitative estimate of drug-likeness (QED) is 0.163. The van der Waals surface area contributed by atoms with Crippen LogP contribution in [-0.2, 0) is 5.41 Å². The van der Waals surface area contributed by atoms with Crippen LogP contribution in [0.3, 0.4) is 0 Å². The average molecular weight is 1810 g/mol. The Morgan fingerprint density at radius 2 is 0.521 bits per heavy atom. The van der Waals surface area contributed by atoms with E-state index in [1.165, 1.54) is 91.3 Å². The fourth-order valence-corrected chi connectivity index (χ4v) is 25.0. The molecule has 1 aliphatic carbocycles. The lowest BCUT2D eigenvalue weighted by atomic mass is 9.82. The fraction of sp³-hybridized carbons (Fsp3) is 0.0233. The molecule has 0 saturated heterocycles. The van der Waals surface area contributed by atoms with E-state index < -0.39 is 0 Å². The Labute approximate surface area is 800 Å². The topological polar surface area (TPSA) is 107 Å². The van der Waals surface area contributed by atoms with Gasteiger partial charge in [0.2, 0.25) is 0 Å². The van der Waals surface area contributed by atoms with Crippen LogP contribution >= 0.6 is 11.3 Å². The van der Waals surface area contributed by atoms with Crippen LogP contribution < -0.4 is 0 Å². The molecule has 140 heavy (non-hydrogen) atoms. The molecule has 21 aromatic carbocycles. The predicted molar refractivity (Wildman–Crippen MR) is 580 cm³/mol.